The number of primary amides is 1. The summed E-state index contributed by atoms with van der Waals surface area (Å²) in [5, 5.41) is 0. The fraction of sp³-hybridized carbons (Fsp3) is 0.588. The Bertz CT molecular complexity index is 532. The third-order valence-electron chi connectivity index (χ3n) is 4.51. The van der Waals surface area contributed by atoms with Crippen molar-refractivity contribution in [1.82, 2.24) is 4.90 Å². The number of carbonyl (C=O) groups is 1. The van der Waals surface area contributed by atoms with E-state index in [0.717, 1.165) is 64.7 Å². The molecule has 1 atom stereocenters. The van der Waals surface area contributed by atoms with Gasteiger partial charge in [0.05, 0.1) is 25.9 Å². The number of hydrogen-bond acceptors (Lipinski definition) is 5. The fourth-order valence-electron chi connectivity index (χ4n) is 3.13. The largest absolute Gasteiger partial charge is 0.379 e. The Hall–Kier alpha value is -1.63. The van der Waals surface area contributed by atoms with Gasteiger partial charge in [0, 0.05) is 44.0 Å². The molecule has 0 saturated carbocycles. The summed E-state index contributed by atoms with van der Waals surface area (Å²) in [4.78, 5) is 15.9. The monoisotopic (exact) mass is 319 g/mol. The average Bonchev–Trinajstić information content (AvgIpc) is 3.05. The molecule has 6 nitrogen and oxygen atoms in total. The van der Waals surface area contributed by atoms with Crippen LogP contribution in [0.3, 0.4) is 0 Å². The van der Waals surface area contributed by atoms with Crippen molar-refractivity contribution in [2.45, 2.75) is 12.5 Å². The van der Waals surface area contributed by atoms with Crippen molar-refractivity contribution in [3.8, 4) is 0 Å². The van der Waals surface area contributed by atoms with Crippen molar-refractivity contribution in [3.05, 3.63) is 29.8 Å². The molecule has 2 aliphatic heterocycles. The molecule has 2 aliphatic rings. The van der Waals surface area contributed by atoms with Crippen LogP contribution in [0.2, 0.25) is 0 Å². The molecule has 3 rings (SSSR count). The molecule has 1 aromatic carbocycles. The smallest absolute Gasteiger partial charge is 0.248 e. The van der Waals surface area contributed by atoms with E-state index in [-0.39, 0.29) is 12.0 Å². The van der Waals surface area contributed by atoms with Gasteiger partial charge in [0.2, 0.25) is 5.91 Å². The molecule has 1 aromatic rings. The number of nitrogens with two attached hydrogens (primary N) is 1. The Morgan fingerprint density at radius 2 is 2.13 bits per heavy atom. The molecule has 2 N–H and O–H groups in total. The number of rotatable bonds is 6. The second-order valence-corrected chi connectivity index (χ2v) is 6.10. The van der Waals surface area contributed by atoms with Crippen molar-refractivity contribution in [2.75, 3.05) is 57.4 Å². The van der Waals surface area contributed by atoms with E-state index < -0.39 is 0 Å². The lowest BCUT2D eigenvalue weighted by Crippen LogP contribution is -2.38. The van der Waals surface area contributed by atoms with E-state index in [1.165, 1.54) is 0 Å². The normalized spacial score (nSPS) is 22.4. The van der Waals surface area contributed by atoms with Crippen LogP contribution in [0.15, 0.2) is 24.3 Å². The van der Waals surface area contributed by atoms with Gasteiger partial charge in [-0.25, -0.2) is 0 Å². The van der Waals surface area contributed by atoms with Crippen LogP contribution in [0.4, 0.5) is 5.69 Å². The van der Waals surface area contributed by atoms with Gasteiger partial charge in [-0.05, 0) is 24.6 Å². The van der Waals surface area contributed by atoms with Gasteiger partial charge in [0.25, 0.3) is 0 Å². The van der Waals surface area contributed by atoms with Crippen molar-refractivity contribution in [2.24, 2.45) is 5.73 Å². The first kappa shape index (κ1) is 16.2. The molecule has 0 aliphatic carbocycles. The van der Waals surface area contributed by atoms with Crippen LogP contribution in [0.5, 0.6) is 0 Å². The minimum Gasteiger partial charge on any atom is -0.379 e. The van der Waals surface area contributed by atoms with Gasteiger partial charge < -0.3 is 20.1 Å². The van der Waals surface area contributed by atoms with Gasteiger partial charge in [-0.2, -0.15) is 0 Å². The summed E-state index contributed by atoms with van der Waals surface area (Å²) in [6.07, 6.45) is 1.28. The molecular weight excluding hydrogens is 294 g/mol. The topological polar surface area (TPSA) is 68.0 Å². The fourth-order valence-corrected chi connectivity index (χ4v) is 3.13. The van der Waals surface area contributed by atoms with Gasteiger partial charge >= 0.3 is 0 Å². The highest BCUT2D eigenvalue weighted by atomic mass is 16.5. The standard InChI is InChI=1S/C17H25N3O3/c18-17(21)14-2-1-3-15(12-14)20-5-4-16(13-20)23-11-8-19-6-9-22-10-7-19/h1-3,12,16H,4-11,13H2,(H2,18,21)/t16-/m1/s1. The lowest BCUT2D eigenvalue weighted by molar-refractivity contribution is 0.00672. The quantitative estimate of drug-likeness (QED) is 0.836. The first-order valence-corrected chi connectivity index (χ1v) is 8.29. The van der Waals surface area contributed by atoms with Crippen molar-refractivity contribution in [3.63, 3.8) is 0 Å². The van der Waals surface area contributed by atoms with Crippen molar-refractivity contribution in [1.29, 1.82) is 0 Å². The van der Waals surface area contributed by atoms with Gasteiger partial charge in [-0.1, -0.05) is 6.07 Å². The maximum absolute atomic E-state index is 11.3. The second-order valence-electron chi connectivity index (χ2n) is 6.10. The van der Waals surface area contributed by atoms with Crippen LogP contribution in [0, 0.1) is 0 Å². The molecule has 1 amide bonds. The number of carbonyl (C=O) groups excluding carboxylic acids is 1. The molecule has 0 spiro atoms. The number of amides is 1. The summed E-state index contributed by atoms with van der Waals surface area (Å²) >= 11 is 0. The zero-order valence-corrected chi connectivity index (χ0v) is 13.4. The number of benzene rings is 1. The summed E-state index contributed by atoms with van der Waals surface area (Å²) < 4.78 is 11.4. The molecule has 2 fully saturated rings. The molecule has 0 unspecified atom stereocenters. The molecule has 23 heavy (non-hydrogen) atoms. The number of nitrogens with zero attached hydrogens (tertiary/aromatic N) is 2. The Labute approximate surface area is 137 Å². The van der Waals surface area contributed by atoms with Crippen molar-refractivity contribution < 1.29 is 14.3 Å². The summed E-state index contributed by atoms with van der Waals surface area (Å²) in [5.74, 6) is -0.385. The number of ether oxygens (including phenoxy) is 2. The summed E-state index contributed by atoms with van der Waals surface area (Å²) in [6.45, 7) is 7.20. The van der Waals surface area contributed by atoms with Gasteiger partial charge in [-0.15, -0.1) is 0 Å². The highest BCUT2D eigenvalue weighted by Gasteiger charge is 2.24. The predicted molar refractivity (Wildman–Crippen MR) is 88.8 cm³/mol. The minimum atomic E-state index is -0.385. The summed E-state index contributed by atoms with van der Waals surface area (Å²) in [6, 6.07) is 7.50. The SMILES string of the molecule is NC(=O)c1cccc(N2CC[C@@H](OCCN3CCOCC3)C2)c1. The summed E-state index contributed by atoms with van der Waals surface area (Å²) in [7, 11) is 0. The maximum Gasteiger partial charge on any atom is 0.248 e. The molecule has 0 radical (unpaired) electrons. The average molecular weight is 319 g/mol. The lowest BCUT2D eigenvalue weighted by Gasteiger charge is -2.27. The van der Waals surface area contributed by atoms with Crippen LogP contribution < -0.4 is 10.6 Å². The van der Waals surface area contributed by atoms with Crippen molar-refractivity contribution >= 4 is 11.6 Å². The Kier molecular flexibility index (Phi) is 5.48. The van der Waals surface area contributed by atoms with E-state index >= 15 is 0 Å². The molecule has 2 saturated heterocycles. The Balaban J connectivity index is 1.44. The first-order valence-electron chi connectivity index (χ1n) is 8.29. The molecule has 0 bridgehead atoms. The van der Waals surface area contributed by atoms with Gasteiger partial charge in [-0.3, -0.25) is 9.69 Å². The van der Waals surface area contributed by atoms with Crippen LogP contribution in [0.25, 0.3) is 0 Å². The van der Waals surface area contributed by atoms with Gasteiger partial charge in [0.1, 0.15) is 0 Å². The third-order valence-corrected chi connectivity index (χ3v) is 4.51. The number of anilines is 1. The molecular formula is C17H25N3O3. The zero-order chi connectivity index (χ0) is 16.1. The Morgan fingerprint density at radius 1 is 1.30 bits per heavy atom. The molecule has 6 heteroatoms. The van der Waals surface area contributed by atoms with E-state index in [1.807, 2.05) is 18.2 Å². The van der Waals surface area contributed by atoms with Crippen LogP contribution in [-0.2, 0) is 9.47 Å². The van der Waals surface area contributed by atoms with E-state index in [9.17, 15) is 4.79 Å². The lowest BCUT2D eigenvalue weighted by atomic mass is 10.2. The minimum absolute atomic E-state index is 0.258. The highest BCUT2D eigenvalue weighted by Crippen LogP contribution is 2.22. The first-order chi connectivity index (χ1) is 11.2. The van der Waals surface area contributed by atoms with E-state index in [0.29, 0.717) is 5.56 Å². The Morgan fingerprint density at radius 3 is 2.91 bits per heavy atom. The molecule has 126 valence electrons. The van der Waals surface area contributed by atoms with E-state index in [2.05, 4.69) is 9.80 Å². The van der Waals surface area contributed by atoms with Crippen LogP contribution in [0.1, 0.15) is 16.8 Å². The number of hydrogen-bond donors (Lipinski definition) is 1. The van der Waals surface area contributed by atoms with E-state index in [4.69, 9.17) is 15.2 Å². The molecule has 2 heterocycles. The second kappa shape index (κ2) is 7.77. The summed E-state index contributed by atoms with van der Waals surface area (Å²) in [5.41, 5.74) is 6.95. The number of morpholine rings is 1. The highest BCUT2D eigenvalue weighted by molar-refractivity contribution is 5.93. The van der Waals surface area contributed by atoms with Crippen LogP contribution >= 0.6 is 0 Å². The van der Waals surface area contributed by atoms with E-state index in [1.54, 1.807) is 6.07 Å². The maximum atomic E-state index is 11.3. The molecule has 0 aromatic heterocycles. The van der Waals surface area contributed by atoms with Crippen LogP contribution in [-0.4, -0.2) is 69.5 Å². The zero-order valence-electron chi connectivity index (χ0n) is 13.4. The van der Waals surface area contributed by atoms with Gasteiger partial charge in [0.15, 0.2) is 0 Å². The predicted octanol–water partition coefficient (Wildman–Crippen LogP) is 0.713. The third kappa shape index (κ3) is 4.43.